The molecule has 174 valence electrons. The number of Topliss-reactive ketones (excluding diaryl/α,β-unsaturated/α-hetero) is 1. The van der Waals surface area contributed by atoms with E-state index >= 15 is 0 Å². The van der Waals surface area contributed by atoms with E-state index in [0.29, 0.717) is 11.6 Å². The molecule has 7 heteroatoms. The van der Waals surface area contributed by atoms with Crippen molar-refractivity contribution in [2.75, 3.05) is 5.32 Å². The Morgan fingerprint density at radius 1 is 0.971 bits per heavy atom. The summed E-state index contributed by atoms with van der Waals surface area (Å²) >= 11 is 0. The smallest absolute Gasteiger partial charge is 0.255 e. The third-order valence-corrected chi connectivity index (χ3v) is 6.24. The van der Waals surface area contributed by atoms with Gasteiger partial charge in [-0.25, -0.2) is 13.8 Å². The number of hydrogen-bond acceptors (Lipinski definition) is 3. The number of imidazole rings is 1. The van der Waals surface area contributed by atoms with Gasteiger partial charge in [0.2, 0.25) is 0 Å². The molecule has 0 bridgehead atoms. The highest BCUT2D eigenvalue weighted by molar-refractivity contribution is 6.06. The molecule has 1 unspecified atom stereocenters. The zero-order valence-corrected chi connectivity index (χ0v) is 18.8. The van der Waals surface area contributed by atoms with Crippen LogP contribution in [-0.4, -0.2) is 21.2 Å². The molecule has 4 aromatic rings. The number of carbonyl (C=O) groups is 2. The second-order valence-electron chi connectivity index (χ2n) is 8.39. The second kappa shape index (κ2) is 9.10. The third-order valence-electron chi connectivity index (χ3n) is 6.24. The van der Waals surface area contributed by atoms with Crippen LogP contribution in [0.5, 0.6) is 0 Å². The third kappa shape index (κ3) is 4.28. The van der Waals surface area contributed by atoms with Crippen LogP contribution >= 0.6 is 0 Å². The molecule has 35 heavy (non-hydrogen) atoms. The molecule has 0 radical (unpaired) electrons. The van der Waals surface area contributed by atoms with Crippen molar-refractivity contribution < 1.29 is 18.4 Å². The van der Waals surface area contributed by atoms with Crippen molar-refractivity contribution in [3.8, 4) is 0 Å². The molecular weight excluding hydrogens is 448 g/mol. The molecule has 0 saturated carbocycles. The number of ketones is 1. The molecule has 1 amide bonds. The van der Waals surface area contributed by atoms with Gasteiger partial charge >= 0.3 is 0 Å². The van der Waals surface area contributed by atoms with Crippen molar-refractivity contribution in [3.05, 3.63) is 119 Å². The number of benzene rings is 3. The number of hydrogen-bond donors (Lipinski definition) is 1. The molecule has 1 aromatic heterocycles. The predicted molar refractivity (Wildman–Crippen MR) is 130 cm³/mol. The monoisotopic (exact) mass is 469 g/mol. The highest BCUT2D eigenvalue weighted by Crippen LogP contribution is 2.44. The van der Waals surface area contributed by atoms with Crippen LogP contribution in [0.25, 0.3) is 11.1 Å². The van der Waals surface area contributed by atoms with Crippen LogP contribution in [0.2, 0.25) is 0 Å². The zero-order chi connectivity index (χ0) is 24.5. The second-order valence-corrected chi connectivity index (χ2v) is 8.39. The highest BCUT2D eigenvalue weighted by Gasteiger charge is 2.31. The number of amides is 1. The quantitative estimate of drug-likeness (QED) is 0.344. The molecule has 0 saturated heterocycles. The first-order valence-electron chi connectivity index (χ1n) is 11.1. The Morgan fingerprint density at radius 2 is 1.69 bits per heavy atom. The standard InChI is InChI=1S/C28H21F2N3O2/c1-17-25-15-31-16-33(25)24(27(17)19-5-3-2-4-6-19)14-26(34)18-7-9-20(10-8-18)28(35)32-23-12-11-21(29)13-22(23)30/h2-13,15-16,24H,14H2,1H3,(H,32,35). The summed E-state index contributed by atoms with van der Waals surface area (Å²) in [6.07, 6.45) is 3.78. The van der Waals surface area contributed by atoms with Crippen LogP contribution < -0.4 is 5.32 Å². The Hall–Kier alpha value is -4.39. The van der Waals surface area contributed by atoms with Gasteiger partial charge in [0.1, 0.15) is 11.6 Å². The maximum atomic E-state index is 13.8. The lowest BCUT2D eigenvalue weighted by atomic mass is 9.91. The van der Waals surface area contributed by atoms with Crippen molar-refractivity contribution in [2.24, 2.45) is 0 Å². The number of aromatic nitrogens is 2. The SMILES string of the molecule is CC1=C(c2ccccc2)C(CC(=O)c2ccc(C(=O)Nc3ccc(F)cc3F)cc2)n2cncc21. The van der Waals surface area contributed by atoms with Gasteiger partial charge < -0.3 is 9.88 Å². The Labute approximate surface area is 200 Å². The van der Waals surface area contributed by atoms with Crippen LogP contribution in [0.3, 0.4) is 0 Å². The lowest BCUT2D eigenvalue weighted by Crippen LogP contribution is -2.15. The number of nitrogens with zero attached hydrogens (tertiary/aromatic N) is 2. The lowest BCUT2D eigenvalue weighted by molar-refractivity contribution is 0.0970. The minimum Gasteiger partial charge on any atom is -0.323 e. The Kier molecular flexibility index (Phi) is 5.82. The predicted octanol–water partition coefficient (Wildman–Crippen LogP) is 6.17. The van der Waals surface area contributed by atoms with E-state index in [-0.39, 0.29) is 29.5 Å². The number of anilines is 1. The van der Waals surface area contributed by atoms with Gasteiger partial charge in [0, 0.05) is 23.6 Å². The summed E-state index contributed by atoms with van der Waals surface area (Å²) in [7, 11) is 0. The Bertz CT molecular complexity index is 1460. The van der Waals surface area contributed by atoms with E-state index in [4.69, 9.17) is 0 Å². The fraction of sp³-hybridized carbons (Fsp3) is 0.107. The molecule has 0 fully saturated rings. The number of carbonyl (C=O) groups excluding carboxylic acids is 2. The van der Waals surface area contributed by atoms with Crippen molar-refractivity contribution in [3.63, 3.8) is 0 Å². The van der Waals surface area contributed by atoms with Crippen LogP contribution in [-0.2, 0) is 0 Å². The minimum absolute atomic E-state index is 0.0747. The highest BCUT2D eigenvalue weighted by atomic mass is 19.1. The first kappa shape index (κ1) is 22.4. The first-order valence-corrected chi connectivity index (χ1v) is 11.1. The van der Waals surface area contributed by atoms with Gasteiger partial charge in [0.05, 0.1) is 29.9 Å². The number of halogens is 2. The number of nitrogens with one attached hydrogen (secondary N) is 1. The fourth-order valence-corrected chi connectivity index (χ4v) is 4.48. The maximum absolute atomic E-state index is 13.8. The van der Waals surface area contributed by atoms with Gasteiger partial charge in [-0.15, -0.1) is 0 Å². The number of allylic oxidation sites excluding steroid dienone is 2. The van der Waals surface area contributed by atoms with Gasteiger partial charge in [-0.3, -0.25) is 9.59 Å². The summed E-state index contributed by atoms with van der Waals surface area (Å²) in [5, 5.41) is 2.42. The van der Waals surface area contributed by atoms with Crippen LogP contribution in [0, 0.1) is 11.6 Å². The average molecular weight is 469 g/mol. The van der Waals surface area contributed by atoms with Gasteiger partial charge in [-0.1, -0.05) is 42.5 Å². The van der Waals surface area contributed by atoms with Crippen LogP contribution in [0.15, 0.2) is 85.3 Å². The molecule has 1 aliphatic rings. The fourth-order valence-electron chi connectivity index (χ4n) is 4.48. The van der Waals surface area contributed by atoms with Gasteiger partial charge in [-0.05, 0) is 47.9 Å². The van der Waals surface area contributed by atoms with E-state index in [1.807, 2.05) is 41.8 Å². The number of fused-ring (bicyclic) bond motifs is 1. The van der Waals surface area contributed by atoms with Crippen molar-refractivity contribution >= 4 is 28.5 Å². The zero-order valence-electron chi connectivity index (χ0n) is 18.8. The van der Waals surface area contributed by atoms with E-state index < -0.39 is 17.5 Å². The molecule has 0 aliphatic carbocycles. The summed E-state index contributed by atoms with van der Waals surface area (Å²) in [5.74, 6) is -2.22. The minimum atomic E-state index is -0.863. The molecule has 1 atom stereocenters. The lowest BCUT2D eigenvalue weighted by Gasteiger charge is -2.18. The maximum Gasteiger partial charge on any atom is 0.255 e. The molecule has 1 aliphatic heterocycles. The Morgan fingerprint density at radius 3 is 2.40 bits per heavy atom. The largest absolute Gasteiger partial charge is 0.323 e. The molecule has 2 heterocycles. The molecule has 0 spiro atoms. The summed E-state index contributed by atoms with van der Waals surface area (Å²) in [4.78, 5) is 30.0. The summed E-state index contributed by atoms with van der Waals surface area (Å²) < 4.78 is 29.0. The first-order chi connectivity index (χ1) is 16.9. The number of rotatable bonds is 6. The molecule has 5 nitrogen and oxygen atoms in total. The molecular formula is C28H21F2N3O2. The van der Waals surface area contributed by atoms with Gasteiger partial charge in [0.25, 0.3) is 5.91 Å². The normalized spacial score (nSPS) is 14.7. The van der Waals surface area contributed by atoms with Gasteiger partial charge in [0.15, 0.2) is 5.78 Å². The van der Waals surface area contributed by atoms with Crippen LogP contribution in [0.4, 0.5) is 14.5 Å². The summed E-state index contributed by atoms with van der Waals surface area (Å²) in [5.41, 5.74) is 4.83. The molecule has 1 N–H and O–H groups in total. The van der Waals surface area contributed by atoms with Crippen LogP contribution in [0.1, 0.15) is 51.4 Å². The van der Waals surface area contributed by atoms with Crippen molar-refractivity contribution in [1.29, 1.82) is 0 Å². The molecule has 3 aromatic carbocycles. The van der Waals surface area contributed by atoms with E-state index in [2.05, 4.69) is 10.3 Å². The van der Waals surface area contributed by atoms with Crippen molar-refractivity contribution in [1.82, 2.24) is 9.55 Å². The van der Waals surface area contributed by atoms with Gasteiger partial charge in [-0.2, -0.15) is 0 Å². The Balaban J connectivity index is 1.34. The topological polar surface area (TPSA) is 64.0 Å². The molecule has 5 rings (SSSR count). The van der Waals surface area contributed by atoms with E-state index in [9.17, 15) is 18.4 Å². The summed E-state index contributed by atoms with van der Waals surface area (Å²) in [6.45, 7) is 2.04. The van der Waals surface area contributed by atoms with E-state index in [1.54, 1.807) is 24.7 Å². The van der Waals surface area contributed by atoms with Crippen molar-refractivity contribution in [2.45, 2.75) is 19.4 Å². The van der Waals surface area contributed by atoms with E-state index in [1.165, 1.54) is 12.1 Å². The summed E-state index contributed by atoms with van der Waals surface area (Å²) in [6, 6.07) is 18.9. The average Bonchev–Trinajstić information content (AvgIpc) is 3.44. The van der Waals surface area contributed by atoms with E-state index in [0.717, 1.165) is 34.5 Å².